The van der Waals surface area contributed by atoms with Crippen LogP contribution in [0.2, 0.25) is 0 Å². The van der Waals surface area contributed by atoms with Gasteiger partial charge in [0.2, 0.25) is 0 Å². The molecule has 0 spiro atoms. The van der Waals surface area contributed by atoms with Crippen molar-refractivity contribution in [2.45, 2.75) is 19.9 Å². The summed E-state index contributed by atoms with van der Waals surface area (Å²) in [6.45, 7) is 3.24. The lowest BCUT2D eigenvalue weighted by atomic mass is 9.99. The maximum atomic E-state index is 2.45. The van der Waals surface area contributed by atoms with Gasteiger partial charge in [-0.15, -0.1) is 0 Å². The fraction of sp³-hybridized carbons (Fsp3) is 0.120. The molecule has 1 heteroatoms. The highest BCUT2D eigenvalue weighted by molar-refractivity contribution is 6.10. The van der Waals surface area contributed by atoms with Gasteiger partial charge in [-0.2, -0.15) is 0 Å². The molecule has 5 aromatic rings. The van der Waals surface area contributed by atoms with E-state index >= 15 is 0 Å². The van der Waals surface area contributed by atoms with Crippen molar-refractivity contribution in [3.05, 3.63) is 83.9 Å². The van der Waals surface area contributed by atoms with Crippen LogP contribution in [-0.4, -0.2) is 4.57 Å². The number of aryl methyl sites for hydroxylation is 1. The Labute approximate surface area is 152 Å². The summed E-state index contributed by atoms with van der Waals surface area (Å²) in [6.07, 6.45) is 1.03. The van der Waals surface area contributed by atoms with Crippen molar-refractivity contribution in [2.24, 2.45) is 0 Å². The maximum absolute atomic E-state index is 2.45. The van der Waals surface area contributed by atoms with Gasteiger partial charge < -0.3 is 4.57 Å². The zero-order chi connectivity index (χ0) is 17.3. The molecule has 1 aliphatic carbocycles. The molecule has 0 aliphatic heterocycles. The first kappa shape index (κ1) is 14.1. The number of nitrogens with zero attached hydrogens (tertiary/aromatic N) is 1. The molecule has 0 N–H and O–H groups in total. The molecule has 124 valence electrons. The zero-order valence-electron chi connectivity index (χ0n) is 14.8. The van der Waals surface area contributed by atoms with E-state index in [2.05, 4.69) is 84.3 Å². The number of benzene rings is 4. The van der Waals surface area contributed by atoms with E-state index in [-0.39, 0.29) is 0 Å². The Bertz CT molecular complexity index is 1340. The second kappa shape index (κ2) is 4.98. The number of aromatic nitrogens is 1. The lowest BCUT2D eigenvalue weighted by Gasteiger charge is -2.06. The molecular formula is C25H19N. The molecule has 1 heterocycles. The summed E-state index contributed by atoms with van der Waals surface area (Å²) >= 11 is 0. The van der Waals surface area contributed by atoms with Gasteiger partial charge in [-0.25, -0.2) is 0 Å². The fourth-order valence-corrected chi connectivity index (χ4v) is 4.84. The molecule has 0 fully saturated rings. The minimum atomic E-state index is 0.999. The second-order valence-electron chi connectivity index (χ2n) is 7.28. The minimum absolute atomic E-state index is 0.999. The minimum Gasteiger partial charge on any atom is -0.341 e. The number of para-hydroxylation sites is 1. The van der Waals surface area contributed by atoms with E-state index in [9.17, 15) is 0 Å². The van der Waals surface area contributed by atoms with Gasteiger partial charge in [-0.3, -0.25) is 0 Å². The SMILES string of the molecule is CCn1c2ccccc2c2cc3c(cc21)Cc1c-3ccc2ccccc12. The first-order valence-electron chi connectivity index (χ1n) is 9.40. The van der Waals surface area contributed by atoms with Gasteiger partial charge >= 0.3 is 0 Å². The van der Waals surface area contributed by atoms with Crippen LogP contribution in [-0.2, 0) is 13.0 Å². The van der Waals surface area contributed by atoms with Gasteiger partial charge in [0.1, 0.15) is 0 Å². The van der Waals surface area contributed by atoms with Gasteiger partial charge in [0.05, 0.1) is 0 Å². The molecule has 0 unspecified atom stereocenters. The molecule has 0 bridgehead atoms. The summed E-state index contributed by atoms with van der Waals surface area (Å²) in [5.41, 5.74) is 8.47. The van der Waals surface area contributed by atoms with E-state index in [4.69, 9.17) is 0 Å². The van der Waals surface area contributed by atoms with Gasteiger partial charge in [-0.05, 0) is 64.6 Å². The first-order chi connectivity index (χ1) is 12.8. The zero-order valence-corrected chi connectivity index (χ0v) is 14.8. The number of fused-ring (bicyclic) bond motifs is 8. The molecule has 0 saturated heterocycles. The molecule has 0 saturated carbocycles. The summed E-state index contributed by atoms with van der Waals surface area (Å²) in [7, 11) is 0. The van der Waals surface area contributed by atoms with Crippen LogP contribution in [0.1, 0.15) is 18.1 Å². The predicted molar refractivity (Wildman–Crippen MR) is 111 cm³/mol. The monoisotopic (exact) mass is 333 g/mol. The fourth-order valence-electron chi connectivity index (χ4n) is 4.84. The summed E-state index contributed by atoms with van der Waals surface area (Å²) in [5, 5.41) is 5.48. The van der Waals surface area contributed by atoms with Gasteiger partial charge in [0, 0.05) is 28.4 Å². The summed E-state index contributed by atoms with van der Waals surface area (Å²) in [4.78, 5) is 0. The van der Waals surface area contributed by atoms with Crippen LogP contribution in [0.3, 0.4) is 0 Å². The van der Waals surface area contributed by atoms with Crippen molar-refractivity contribution in [3.8, 4) is 11.1 Å². The van der Waals surface area contributed by atoms with Gasteiger partial charge in [0.15, 0.2) is 0 Å². The van der Waals surface area contributed by atoms with Crippen LogP contribution in [0, 0.1) is 0 Å². The quantitative estimate of drug-likeness (QED) is 0.322. The van der Waals surface area contributed by atoms with Crippen LogP contribution in [0.4, 0.5) is 0 Å². The predicted octanol–water partition coefficient (Wildman–Crippen LogP) is 6.54. The third-order valence-electron chi connectivity index (χ3n) is 6.01. The van der Waals surface area contributed by atoms with E-state index in [1.807, 2.05) is 0 Å². The Balaban J connectivity index is 1.71. The van der Waals surface area contributed by atoms with E-state index in [0.29, 0.717) is 0 Å². The average molecular weight is 333 g/mol. The first-order valence-corrected chi connectivity index (χ1v) is 9.40. The van der Waals surface area contributed by atoms with E-state index < -0.39 is 0 Å². The van der Waals surface area contributed by atoms with E-state index in [1.54, 1.807) is 0 Å². The van der Waals surface area contributed by atoms with Crippen LogP contribution < -0.4 is 0 Å². The largest absolute Gasteiger partial charge is 0.341 e. The van der Waals surface area contributed by atoms with E-state index in [1.165, 1.54) is 54.8 Å². The summed E-state index contributed by atoms with van der Waals surface area (Å²) in [5.74, 6) is 0. The standard InChI is InChI=1S/C25H19N/c1-2-26-24-10-6-5-9-20(24)23-15-21-17(14-25(23)26)13-22-18-8-4-3-7-16(18)11-12-19(21)22/h3-12,14-15H,2,13H2,1H3. The molecule has 0 amide bonds. The molecule has 6 rings (SSSR count). The Morgan fingerprint density at radius 2 is 1.54 bits per heavy atom. The Morgan fingerprint density at radius 1 is 0.731 bits per heavy atom. The topological polar surface area (TPSA) is 4.93 Å². The van der Waals surface area contributed by atoms with Crippen molar-refractivity contribution >= 4 is 32.6 Å². The molecule has 0 radical (unpaired) electrons. The number of hydrogen-bond donors (Lipinski definition) is 0. The molecule has 1 nitrogen and oxygen atoms in total. The summed E-state index contributed by atoms with van der Waals surface area (Å²) in [6, 6.07) is 27.0. The average Bonchev–Trinajstić information content (AvgIpc) is 3.21. The van der Waals surface area contributed by atoms with Crippen molar-refractivity contribution in [1.29, 1.82) is 0 Å². The Morgan fingerprint density at radius 3 is 2.42 bits per heavy atom. The third-order valence-corrected chi connectivity index (χ3v) is 6.01. The highest BCUT2D eigenvalue weighted by atomic mass is 15.0. The van der Waals surface area contributed by atoms with Crippen LogP contribution in [0.25, 0.3) is 43.7 Å². The normalized spacial score (nSPS) is 12.8. The number of rotatable bonds is 1. The van der Waals surface area contributed by atoms with Crippen LogP contribution in [0.15, 0.2) is 72.8 Å². The summed E-state index contributed by atoms with van der Waals surface area (Å²) < 4.78 is 2.45. The van der Waals surface area contributed by atoms with E-state index in [0.717, 1.165) is 13.0 Å². The lowest BCUT2D eigenvalue weighted by Crippen LogP contribution is -1.93. The maximum Gasteiger partial charge on any atom is 0.0494 e. The van der Waals surface area contributed by atoms with Crippen LogP contribution in [0.5, 0.6) is 0 Å². The van der Waals surface area contributed by atoms with Crippen molar-refractivity contribution < 1.29 is 0 Å². The lowest BCUT2D eigenvalue weighted by molar-refractivity contribution is 0.827. The molecule has 26 heavy (non-hydrogen) atoms. The Kier molecular flexibility index (Phi) is 2.71. The molecular weight excluding hydrogens is 314 g/mol. The molecule has 0 atom stereocenters. The van der Waals surface area contributed by atoms with Gasteiger partial charge in [-0.1, -0.05) is 54.6 Å². The van der Waals surface area contributed by atoms with Crippen molar-refractivity contribution in [1.82, 2.24) is 4.57 Å². The molecule has 1 aromatic heterocycles. The third kappa shape index (κ3) is 1.70. The highest BCUT2D eigenvalue weighted by Gasteiger charge is 2.22. The van der Waals surface area contributed by atoms with Crippen LogP contribution >= 0.6 is 0 Å². The second-order valence-corrected chi connectivity index (χ2v) is 7.28. The van der Waals surface area contributed by atoms with Crippen molar-refractivity contribution in [3.63, 3.8) is 0 Å². The Hall–Kier alpha value is -3.06. The molecule has 4 aromatic carbocycles. The number of hydrogen-bond acceptors (Lipinski definition) is 0. The highest BCUT2D eigenvalue weighted by Crippen LogP contribution is 2.43. The smallest absolute Gasteiger partial charge is 0.0494 e. The van der Waals surface area contributed by atoms with Crippen molar-refractivity contribution in [2.75, 3.05) is 0 Å². The molecule has 1 aliphatic rings. The van der Waals surface area contributed by atoms with Gasteiger partial charge in [0.25, 0.3) is 0 Å².